The number of nitrogens with zero attached hydrogens (tertiary/aromatic N) is 1. The summed E-state index contributed by atoms with van der Waals surface area (Å²) in [5.41, 5.74) is -0.445. The monoisotopic (exact) mass is 256 g/mol. The fraction of sp³-hybridized carbons (Fsp3) is 0.846. The average molecular weight is 256 g/mol. The molecule has 104 valence electrons. The van der Waals surface area contributed by atoms with Gasteiger partial charge in [-0.2, -0.15) is 0 Å². The van der Waals surface area contributed by atoms with Crippen molar-refractivity contribution in [2.24, 2.45) is 10.8 Å². The summed E-state index contributed by atoms with van der Waals surface area (Å²) in [7, 11) is 0. The van der Waals surface area contributed by atoms with Gasteiger partial charge in [-0.3, -0.25) is 0 Å². The van der Waals surface area contributed by atoms with E-state index in [4.69, 9.17) is 0 Å². The van der Waals surface area contributed by atoms with Crippen molar-refractivity contribution in [2.45, 2.75) is 47.1 Å². The van der Waals surface area contributed by atoms with E-state index in [0.29, 0.717) is 13.1 Å². The van der Waals surface area contributed by atoms with Gasteiger partial charge in [-0.05, 0) is 17.3 Å². The molecule has 0 aromatic carbocycles. The number of amides is 2. The normalized spacial score (nSPS) is 18.7. The molecule has 1 aliphatic rings. The summed E-state index contributed by atoms with van der Waals surface area (Å²) in [4.78, 5) is 24.7. The smallest absolute Gasteiger partial charge is 0.327 e. The van der Waals surface area contributed by atoms with Crippen LogP contribution in [0.5, 0.6) is 0 Å². The van der Waals surface area contributed by atoms with Gasteiger partial charge >= 0.3 is 12.0 Å². The zero-order valence-corrected chi connectivity index (χ0v) is 11.9. The molecule has 1 atom stereocenters. The number of hydrogen-bond donors (Lipinski definition) is 2. The Labute approximate surface area is 109 Å². The lowest BCUT2D eigenvalue weighted by molar-refractivity contribution is -0.146. The molecule has 1 rings (SSSR count). The molecule has 0 saturated carbocycles. The first-order valence-electron chi connectivity index (χ1n) is 6.32. The lowest BCUT2D eigenvalue weighted by atomic mass is 9.71. The minimum absolute atomic E-state index is 0.0212. The molecule has 1 aliphatic heterocycles. The number of nitrogens with one attached hydrogen (secondary N) is 1. The fourth-order valence-corrected chi connectivity index (χ4v) is 3.09. The first-order chi connectivity index (χ1) is 8.04. The van der Waals surface area contributed by atoms with Crippen LogP contribution in [0.1, 0.15) is 41.0 Å². The maximum Gasteiger partial charge on any atom is 0.327 e. The van der Waals surface area contributed by atoms with Crippen LogP contribution in [0.15, 0.2) is 0 Å². The molecule has 18 heavy (non-hydrogen) atoms. The van der Waals surface area contributed by atoms with Crippen molar-refractivity contribution >= 4 is 12.0 Å². The summed E-state index contributed by atoms with van der Waals surface area (Å²) in [6.45, 7) is 11.1. The molecule has 0 spiro atoms. The largest absolute Gasteiger partial charge is 0.480 e. The number of hydrogen-bond acceptors (Lipinski definition) is 2. The summed E-state index contributed by atoms with van der Waals surface area (Å²) >= 11 is 0. The van der Waals surface area contributed by atoms with Crippen LogP contribution in [0, 0.1) is 10.8 Å². The standard InChI is InChI=1S/C13H24N2O3/c1-12(2,3)8-13(4,5)9(10(16)17)15-7-6-14-11(15)18/h9H,6-8H2,1-5H3,(H,14,18)(H,16,17)/t9-/m1/s1. The van der Waals surface area contributed by atoms with Crippen LogP contribution in [-0.2, 0) is 4.79 Å². The second-order valence-electron chi connectivity index (χ2n) is 6.89. The maximum atomic E-state index is 11.7. The molecule has 0 unspecified atom stereocenters. The molecule has 5 heteroatoms. The third-order valence-electron chi connectivity index (χ3n) is 3.16. The third kappa shape index (κ3) is 3.37. The van der Waals surface area contributed by atoms with Crippen molar-refractivity contribution in [1.29, 1.82) is 0 Å². The Morgan fingerprint density at radius 2 is 1.94 bits per heavy atom. The molecule has 1 fully saturated rings. The van der Waals surface area contributed by atoms with Gasteiger partial charge in [-0.1, -0.05) is 34.6 Å². The topological polar surface area (TPSA) is 69.6 Å². The average Bonchev–Trinajstić information content (AvgIpc) is 2.46. The van der Waals surface area contributed by atoms with Gasteiger partial charge in [0.25, 0.3) is 0 Å². The van der Waals surface area contributed by atoms with Crippen molar-refractivity contribution in [1.82, 2.24) is 10.2 Å². The van der Waals surface area contributed by atoms with Crippen LogP contribution in [0.4, 0.5) is 4.79 Å². The number of carbonyl (C=O) groups is 2. The summed E-state index contributed by atoms with van der Waals surface area (Å²) in [6.07, 6.45) is 0.737. The zero-order chi connectivity index (χ0) is 14.1. The van der Waals surface area contributed by atoms with Crippen LogP contribution < -0.4 is 5.32 Å². The number of aliphatic carboxylic acids is 1. The molecule has 0 aliphatic carbocycles. The van der Waals surface area contributed by atoms with E-state index >= 15 is 0 Å². The summed E-state index contributed by atoms with van der Waals surface area (Å²) in [6, 6.07) is -1.05. The van der Waals surface area contributed by atoms with E-state index in [1.54, 1.807) is 0 Å². The molecule has 1 heterocycles. The Bertz CT molecular complexity index is 345. The van der Waals surface area contributed by atoms with Gasteiger partial charge in [-0.25, -0.2) is 9.59 Å². The van der Waals surface area contributed by atoms with E-state index in [2.05, 4.69) is 26.1 Å². The Hall–Kier alpha value is -1.26. The van der Waals surface area contributed by atoms with Crippen molar-refractivity contribution in [3.63, 3.8) is 0 Å². The Balaban J connectivity index is 2.97. The van der Waals surface area contributed by atoms with Crippen molar-refractivity contribution in [3.05, 3.63) is 0 Å². The van der Waals surface area contributed by atoms with Crippen molar-refractivity contribution < 1.29 is 14.7 Å². The molecule has 5 nitrogen and oxygen atoms in total. The number of rotatable bonds is 4. The van der Waals surface area contributed by atoms with E-state index in [9.17, 15) is 14.7 Å². The van der Waals surface area contributed by atoms with Crippen LogP contribution in [-0.4, -0.2) is 41.1 Å². The molecule has 1 saturated heterocycles. The van der Waals surface area contributed by atoms with Crippen LogP contribution in [0.2, 0.25) is 0 Å². The lowest BCUT2D eigenvalue weighted by Crippen LogP contribution is -2.52. The quantitative estimate of drug-likeness (QED) is 0.807. The highest BCUT2D eigenvalue weighted by Gasteiger charge is 2.44. The molecular weight excluding hydrogens is 232 g/mol. The minimum Gasteiger partial charge on any atom is -0.480 e. The lowest BCUT2D eigenvalue weighted by Gasteiger charge is -2.40. The van der Waals surface area contributed by atoms with E-state index in [1.807, 2.05) is 13.8 Å². The summed E-state index contributed by atoms with van der Waals surface area (Å²) < 4.78 is 0. The third-order valence-corrected chi connectivity index (χ3v) is 3.16. The zero-order valence-electron chi connectivity index (χ0n) is 11.9. The Kier molecular flexibility index (Phi) is 3.93. The maximum absolute atomic E-state index is 11.7. The first-order valence-corrected chi connectivity index (χ1v) is 6.32. The van der Waals surface area contributed by atoms with Crippen LogP contribution >= 0.6 is 0 Å². The highest BCUT2D eigenvalue weighted by molar-refractivity contribution is 5.84. The fourth-order valence-electron chi connectivity index (χ4n) is 3.09. The van der Waals surface area contributed by atoms with Gasteiger partial charge < -0.3 is 15.3 Å². The number of carbonyl (C=O) groups excluding carboxylic acids is 1. The van der Waals surface area contributed by atoms with Gasteiger partial charge in [0.15, 0.2) is 0 Å². The molecule has 2 N–H and O–H groups in total. The SMILES string of the molecule is CC(C)(C)CC(C)(C)[C@@H](C(=O)O)N1CCNC1=O. The number of carboxylic acids is 1. The van der Waals surface area contributed by atoms with Gasteiger partial charge in [-0.15, -0.1) is 0 Å². The second kappa shape index (κ2) is 4.78. The van der Waals surface area contributed by atoms with Crippen LogP contribution in [0.3, 0.4) is 0 Å². The highest BCUT2D eigenvalue weighted by Crippen LogP contribution is 2.38. The number of carboxylic acid groups (broad SMARTS) is 1. The molecule has 0 aromatic heterocycles. The van der Waals surface area contributed by atoms with E-state index < -0.39 is 17.4 Å². The highest BCUT2D eigenvalue weighted by atomic mass is 16.4. The van der Waals surface area contributed by atoms with E-state index in [1.165, 1.54) is 4.90 Å². The summed E-state index contributed by atoms with van der Waals surface area (Å²) in [5.74, 6) is -0.929. The number of urea groups is 1. The van der Waals surface area contributed by atoms with E-state index in [-0.39, 0.29) is 11.4 Å². The van der Waals surface area contributed by atoms with Gasteiger partial charge in [0.1, 0.15) is 6.04 Å². The molecule has 0 aromatic rings. The van der Waals surface area contributed by atoms with Gasteiger partial charge in [0.2, 0.25) is 0 Å². The predicted molar refractivity (Wildman–Crippen MR) is 69.4 cm³/mol. The van der Waals surface area contributed by atoms with Crippen LogP contribution in [0.25, 0.3) is 0 Å². The van der Waals surface area contributed by atoms with E-state index in [0.717, 1.165) is 6.42 Å². The Morgan fingerprint density at radius 1 is 1.39 bits per heavy atom. The molecule has 2 amide bonds. The van der Waals surface area contributed by atoms with Crippen molar-refractivity contribution in [2.75, 3.05) is 13.1 Å². The second-order valence-corrected chi connectivity index (χ2v) is 6.89. The Morgan fingerprint density at radius 3 is 2.28 bits per heavy atom. The predicted octanol–water partition coefficient (Wildman–Crippen LogP) is 1.93. The molecule has 0 bridgehead atoms. The van der Waals surface area contributed by atoms with Gasteiger partial charge in [0.05, 0.1) is 0 Å². The minimum atomic E-state index is -0.929. The first kappa shape index (κ1) is 14.8. The molecule has 0 radical (unpaired) electrons. The molecular formula is C13H24N2O3. The van der Waals surface area contributed by atoms with Crippen molar-refractivity contribution in [3.8, 4) is 0 Å². The summed E-state index contributed by atoms with van der Waals surface area (Å²) in [5, 5.41) is 12.1. The van der Waals surface area contributed by atoms with Gasteiger partial charge in [0, 0.05) is 13.1 Å².